The molecule has 1 aromatic carbocycles. The second-order valence-corrected chi connectivity index (χ2v) is 3.59. The van der Waals surface area contributed by atoms with Crippen molar-refractivity contribution in [2.24, 2.45) is 0 Å². The van der Waals surface area contributed by atoms with Crippen LogP contribution in [0, 0.1) is 0 Å². The summed E-state index contributed by atoms with van der Waals surface area (Å²) in [5.41, 5.74) is 0.868. The molecule has 17 heavy (non-hydrogen) atoms. The molecule has 0 saturated heterocycles. The molecule has 0 saturated carbocycles. The standard InChI is InChI=1S/C12H15N3O2/c1-13-7-6-11-14-15-12(17-11)9-4-3-5-10(8-9)16-2/h3-5,8,13H,6-7H2,1-2H3. The summed E-state index contributed by atoms with van der Waals surface area (Å²) in [6, 6.07) is 7.56. The van der Waals surface area contributed by atoms with E-state index < -0.39 is 0 Å². The van der Waals surface area contributed by atoms with E-state index in [1.165, 1.54) is 0 Å². The van der Waals surface area contributed by atoms with Crippen molar-refractivity contribution in [3.8, 4) is 17.2 Å². The quantitative estimate of drug-likeness (QED) is 0.848. The van der Waals surface area contributed by atoms with Gasteiger partial charge < -0.3 is 14.5 Å². The van der Waals surface area contributed by atoms with E-state index >= 15 is 0 Å². The van der Waals surface area contributed by atoms with Crippen LogP contribution in [0.15, 0.2) is 28.7 Å². The van der Waals surface area contributed by atoms with Gasteiger partial charge in [-0.1, -0.05) is 6.07 Å². The summed E-state index contributed by atoms with van der Waals surface area (Å²) >= 11 is 0. The fourth-order valence-electron chi connectivity index (χ4n) is 1.46. The van der Waals surface area contributed by atoms with Crippen molar-refractivity contribution in [3.05, 3.63) is 30.2 Å². The number of likely N-dealkylation sites (N-methyl/N-ethyl adjacent to an activating group) is 1. The lowest BCUT2D eigenvalue weighted by Crippen LogP contribution is -2.10. The van der Waals surface area contributed by atoms with Crippen molar-refractivity contribution < 1.29 is 9.15 Å². The Hall–Kier alpha value is -1.88. The number of benzene rings is 1. The van der Waals surface area contributed by atoms with Crippen LogP contribution in [0.3, 0.4) is 0 Å². The van der Waals surface area contributed by atoms with Crippen LogP contribution in [0.4, 0.5) is 0 Å². The molecule has 0 unspecified atom stereocenters. The van der Waals surface area contributed by atoms with Gasteiger partial charge in [-0.3, -0.25) is 0 Å². The molecule has 5 nitrogen and oxygen atoms in total. The monoisotopic (exact) mass is 233 g/mol. The molecule has 0 aliphatic carbocycles. The molecule has 0 atom stereocenters. The zero-order chi connectivity index (χ0) is 12.1. The van der Waals surface area contributed by atoms with E-state index in [9.17, 15) is 0 Å². The van der Waals surface area contributed by atoms with Crippen molar-refractivity contribution in [3.63, 3.8) is 0 Å². The van der Waals surface area contributed by atoms with Crippen LogP contribution < -0.4 is 10.1 Å². The predicted octanol–water partition coefficient (Wildman–Crippen LogP) is 1.51. The minimum Gasteiger partial charge on any atom is -0.497 e. The van der Waals surface area contributed by atoms with Gasteiger partial charge in [-0.25, -0.2) is 0 Å². The van der Waals surface area contributed by atoms with E-state index in [0.29, 0.717) is 11.8 Å². The Morgan fingerprint density at radius 2 is 2.24 bits per heavy atom. The van der Waals surface area contributed by atoms with Crippen LogP contribution in [0.25, 0.3) is 11.5 Å². The van der Waals surface area contributed by atoms with Crippen LogP contribution in [-0.4, -0.2) is 30.9 Å². The van der Waals surface area contributed by atoms with Gasteiger partial charge >= 0.3 is 0 Å². The number of hydrogen-bond acceptors (Lipinski definition) is 5. The highest BCUT2D eigenvalue weighted by atomic mass is 16.5. The first-order valence-corrected chi connectivity index (χ1v) is 5.45. The molecule has 0 spiro atoms. The number of aromatic nitrogens is 2. The van der Waals surface area contributed by atoms with Crippen LogP contribution in [0.1, 0.15) is 5.89 Å². The van der Waals surface area contributed by atoms with Crippen LogP contribution in [0.2, 0.25) is 0 Å². The Labute approximate surface area is 99.8 Å². The molecule has 0 aliphatic rings. The second-order valence-electron chi connectivity index (χ2n) is 3.59. The van der Waals surface area contributed by atoms with E-state index in [1.54, 1.807) is 7.11 Å². The first-order chi connectivity index (χ1) is 8.33. The summed E-state index contributed by atoms with van der Waals surface area (Å²) in [4.78, 5) is 0. The van der Waals surface area contributed by atoms with Crippen molar-refractivity contribution in [2.45, 2.75) is 6.42 Å². The van der Waals surface area contributed by atoms with Crippen LogP contribution >= 0.6 is 0 Å². The third-order valence-electron chi connectivity index (χ3n) is 2.37. The number of nitrogens with zero attached hydrogens (tertiary/aromatic N) is 2. The van der Waals surface area contributed by atoms with Gasteiger partial charge in [-0.05, 0) is 25.2 Å². The highest BCUT2D eigenvalue weighted by Gasteiger charge is 2.08. The van der Waals surface area contributed by atoms with Crippen molar-refractivity contribution in [1.29, 1.82) is 0 Å². The molecule has 1 heterocycles. The van der Waals surface area contributed by atoms with Gasteiger partial charge in [-0.15, -0.1) is 10.2 Å². The van der Waals surface area contributed by atoms with Crippen molar-refractivity contribution in [2.75, 3.05) is 20.7 Å². The first kappa shape index (κ1) is 11.6. The van der Waals surface area contributed by atoms with E-state index in [2.05, 4.69) is 15.5 Å². The lowest BCUT2D eigenvalue weighted by atomic mass is 10.2. The first-order valence-electron chi connectivity index (χ1n) is 5.45. The summed E-state index contributed by atoms with van der Waals surface area (Å²) < 4.78 is 10.7. The molecule has 0 radical (unpaired) electrons. The van der Waals surface area contributed by atoms with Crippen LogP contribution in [0.5, 0.6) is 5.75 Å². The molecule has 2 rings (SSSR count). The lowest BCUT2D eigenvalue weighted by Gasteiger charge is -2.00. The number of ether oxygens (including phenoxy) is 1. The maximum atomic E-state index is 5.55. The molecule has 0 bridgehead atoms. The van der Waals surface area contributed by atoms with Gasteiger partial charge in [0.25, 0.3) is 0 Å². The Morgan fingerprint density at radius 3 is 3.00 bits per heavy atom. The van der Waals surface area contributed by atoms with Gasteiger partial charge in [0.2, 0.25) is 11.8 Å². The number of nitrogens with one attached hydrogen (secondary N) is 1. The molecule has 1 aromatic heterocycles. The second kappa shape index (κ2) is 5.45. The molecule has 5 heteroatoms. The largest absolute Gasteiger partial charge is 0.497 e. The summed E-state index contributed by atoms with van der Waals surface area (Å²) in [6.45, 7) is 0.819. The Balaban J connectivity index is 2.18. The lowest BCUT2D eigenvalue weighted by molar-refractivity contribution is 0.414. The molecule has 0 aliphatic heterocycles. The molecule has 90 valence electrons. The highest BCUT2D eigenvalue weighted by molar-refractivity contribution is 5.55. The van der Waals surface area contributed by atoms with E-state index in [1.807, 2.05) is 31.3 Å². The summed E-state index contributed by atoms with van der Waals surface area (Å²) in [6.07, 6.45) is 0.730. The SMILES string of the molecule is CNCCc1nnc(-c2cccc(OC)c2)o1. The topological polar surface area (TPSA) is 60.2 Å². The fraction of sp³-hybridized carbons (Fsp3) is 0.333. The third kappa shape index (κ3) is 2.82. The Kier molecular flexibility index (Phi) is 3.72. The van der Waals surface area contributed by atoms with E-state index in [0.717, 1.165) is 24.3 Å². The molecule has 0 amide bonds. The predicted molar refractivity (Wildman–Crippen MR) is 63.9 cm³/mol. The molecular formula is C12H15N3O2. The average Bonchev–Trinajstić information content (AvgIpc) is 2.85. The molecule has 2 aromatic rings. The van der Waals surface area contributed by atoms with Gasteiger partial charge in [0.05, 0.1) is 7.11 Å². The third-order valence-corrected chi connectivity index (χ3v) is 2.37. The smallest absolute Gasteiger partial charge is 0.247 e. The zero-order valence-corrected chi connectivity index (χ0v) is 9.93. The number of methoxy groups -OCH3 is 1. The number of hydrogen-bond donors (Lipinski definition) is 1. The van der Waals surface area contributed by atoms with Gasteiger partial charge in [-0.2, -0.15) is 0 Å². The molecular weight excluding hydrogens is 218 g/mol. The van der Waals surface area contributed by atoms with Gasteiger partial charge in [0.1, 0.15) is 5.75 Å². The maximum Gasteiger partial charge on any atom is 0.247 e. The minimum atomic E-state index is 0.523. The average molecular weight is 233 g/mol. The van der Waals surface area contributed by atoms with E-state index in [4.69, 9.17) is 9.15 Å². The summed E-state index contributed by atoms with van der Waals surface area (Å²) in [7, 11) is 3.52. The minimum absolute atomic E-state index is 0.523. The summed E-state index contributed by atoms with van der Waals surface area (Å²) in [5, 5.41) is 11.0. The van der Waals surface area contributed by atoms with Crippen molar-refractivity contribution >= 4 is 0 Å². The Bertz CT molecular complexity index is 482. The molecule has 0 fully saturated rings. The zero-order valence-electron chi connectivity index (χ0n) is 9.93. The molecule has 1 N–H and O–H groups in total. The normalized spacial score (nSPS) is 10.5. The van der Waals surface area contributed by atoms with Crippen LogP contribution in [-0.2, 0) is 6.42 Å². The Morgan fingerprint density at radius 1 is 1.35 bits per heavy atom. The highest BCUT2D eigenvalue weighted by Crippen LogP contribution is 2.22. The fourth-order valence-corrected chi connectivity index (χ4v) is 1.46. The van der Waals surface area contributed by atoms with E-state index in [-0.39, 0.29) is 0 Å². The summed E-state index contributed by atoms with van der Waals surface area (Å²) in [5.74, 6) is 1.93. The van der Waals surface area contributed by atoms with Gasteiger partial charge in [0, 0.05) is 18.5 Å². The maximum absolute atomic E-state index is 5.55. The van der Waals surface area contributed by atoms with Gasteiger partial charge in [0.15, 0.2) is 0 Å². The number of rotatable bonds is 5. The van der Waals surface area contributed by atoms with Crippen molar-refractivity contribution in [1.82, 2.24) is 15.5 Å².